The molecule has 7 heteroatoms. The molecular weight excluding hydrogens is 266 g/mol. The van der Waals surface area contributed by atoms with E-state index in [1.807, 2.05) is 0 Å². The monoisotopic (exact) mass is 287 g/mol. The zero-order valence-corrected chi connectivity index (χ0v) is 11.4. The van der Waals surface area contributed by atoms with Gasteiger partial charge in [-0.1, -0.05) is 0 Å². The number of carbonyl (C=O) groups excluding carboxylic acids is 1. The average Bonchev–Trinajstić information content (AvgIpc) is 2.41. The summed E-state index contributed by atoms with van der Waals surface area (Å²) in [6, 6.07) is -0.906. The number of carbonyl (C=O) groups is 1. The molecule has 5 atom stereocenters. The number of aliphatic hydroxyl groups is 3. The van der Waals surface area contributed by atoms with E-state index >= 15 is 0 Å². The highest BCUT2D eigenvalue weighted by atomic mass is 16.7. The summed E-state index contributed by atoms with van der Waals surface area (Å²) in [7, 11) is 0. The number of nitrogens with one attached hydrogen (secondary N) is 1. The van der Waals surface area contributed by atoms with E-state index in [-0.39, 0.29) is 12.5 Å². The third kappa shape index (κ3) is 4.44. The quantitative estimate of drug-likeness (QED) is 0.345. The minimum Gasteiger partial charge on any atom is -0.394 e. The van der Waals surface area contributed by atoms with Gasteiger partial charge in [0, 0.05) is 13.3 Å². The van der Waals surface area contributed by atoms with Crippen LogP contribution in [-0.4, -0.2) is 65.1 Å². The van der Waals surface area contributed by atoms with E-state index in [1.165, 1.54) is 6.92 Å². The van der Waals surface area contributed by atoms with Gasteiger partial charge in [-0.3, -0.25) is 4.79 Å². The fraction of sp³-hybridized carbons (Fsp3) is 0.769. The number of ether oxygens (including phenoxy) is 2. The van der Waals surface area contributed by atoms with E-state index in [0.717, 1.165) is 0 Å². The van der Waals surface area contributed by atoms with Crippen LogP contribution >= 0.6 is 0 Å². The van der Waals surface area contributed by atoms with Crippen LogP contribution in [0.4, 0.5) is 0 Å². The predicted octanol–water partition coefficient (Wildman–Crippen LogP) is -1.64. The minimum atomic E-state index is -1.30. The summed E-state index contributed by atoms with van der Waals surface area (Å²) in [4.78, 5) is 11.1. The highest BCUT2D eigenvalue weighted by Gasteiger charge is 2.45. The smallest absolute Gasteiger partial charge is 0.217 e. The topological polar surface area (TPSA) is 108 Å². The lowest BCUT2D eigenvalue weighted by molar-refractivity contribution is -0.270. The van der Waals surface area contributed by atoms with Gasteiger partial charge in [0.2, 0.25) is 5.91 Å². The number of hydrogen-bond acceptors (Lipinski definition) is 6. The molecule has 1 saturated heterocycles. The Morgan fingerprint density at radius 2 is 2.15 bits per heavy atom. The lowest BCUT2D eigenvalue weighted by atomic mass is 9.97. The van der Waals surface area contributed by atoms with Crippen LogP contribution in [0.25, 0.3) is 0 Å². The molecule has 1 heterocycles. The molecule has 0 aliphatic carbocycles. The second-order valence-corrected chi connectivity index (χ2v) is 4.61. The number of rotatable bonds is 6. The van der Waals surface area contributed by atoms with Crippen molar-refractivity contribution in [3.05, 3.63) is 0 Å². The maximum absolute atomic E-state index is 11.1. The summed E-state index contributed by atoms with van der Waals surface area (Å²) in [5, 5.41) is 31.4. The molecule has 1 aliphatic rings. The standard InChI is InChI=1S/C13H21NO6/c1-3-4-5-6-19-13-10(14-8(2)16)12(18)11(17)9(7-15)20-13/h1,9-13,15,17-18H,4-7H2,2H3,(H,14,16). The molecular formula is C13H21NO6. The van der Waals surface area contributed by atoms with Crippen molar-refractivity contribution >= 4 is 5.91 Å². The summed E-state index contributed by atoms with van der Waals surface area (Å²) in [6.45, 7) is 1.10. The zero-order valence-electron chi connectivity index (χ0n) is 11.4. The summed E-state index contributed by atoms with van der Waals surface area (Å²) < 4.78 is 10.8. The molecule has 4 N–H and O–H groups in total. The first-order valence-corrected chi connectivity index (χ1v) is 6.46. The molecule has 0 bridgehead atoms. The minimum absolute atomic E-state index is 0.284. The fourth-order valence-electron chi connectivity index (χ4n) is 1.99. The van der Waals surface area contributed by atoms with Crippen LogP contribution in [0, 0.1) is 12.3 Å². The van der Waals surface area contributed by atoms with Gasteiger partial charge in [0.25, 0.3) is 0 Å². The second kappa shape index (κ2) is 8.19. The van der Waals surface area contributed by atoms with Gasteiger partial charge in [0.15, 0.2) is 6.29 Å². The van der Waals surface area contributed by atoms with Gasteiger partial charge in [-0.15, -0.1) is 12.3 Å². The van der Waals surface area contributed by atoms with Crippen LogP contribution in [0.2, 0.25) is 0 Å². The second-order valence-electron chi connectivity index (χ2n) is 4.61. The van der Waals surface area contributed by atoms with E-state index < -0.39 is 37.3 Å². The molecule has 5 unspecified atom stereocenters. The Hall–Kier alpha value is -1.17. The summed E-state index contributed by atoms with van der Waals surface area (Å²) in [5.41, 5.74) is 0. The zero-order chi connectivity index (χ0) is 15.1. The molecule has 0 aromatic heterocycles. The molecule has 1 rings (SSSR count). The summed E-state index contributed by atoms with van der Waals surface area (Å²) >= 11 is 0. The molecule has 1 amide bonds. The van der Waals surface area contributed by atoms with Crippen molar-refractivity contribution in [1.29, 1.82) is 0 Å². The number of hydrogen-bond donors (Lipinski definition) is 4. The maximum Gasteiger partial charge on any atom is 0.217 e. The molecule has 0 aromatic carbocycles. The number of amides is 1. The van der Waals surface area contributed by atoms with Gasteiger partial charge in [-0.2, -0.15) is 0 Å². The summed E-state index contributed by atoms with van der Waals surface area (Å²) in [5.74, 6) is 2.08. The number of aliphatic hydroxyl groups excluding tert-OH is 3. The molecule has 0 saturated carbocycles. The van der Waals surface area contributed by atoms with E-state index in [2.05, 4.69) is 11.2 Å². The average molecular weight is 287 g/mol. The van der Waals surface area contributed by atoms with Gasteiger partial charge < -0.3 is 30.1 Å². The third-order valence-electron chi connectivity index (χ3n) is 3.00. The van der Waals surface area contributed by atoms with Gasteiger partial charge in [-0.25, -0.2) is 0 Å². The van der Waals surface area contributed by atoms with E-state index in [9.17, 15) is 15.0 Å². The van der Waals surface area contributed by atoms with Crippen molar-refractivity contribution in [3.63, 3.8) is 0 Å². The highest BCUT2D eigenvalue weighted by molar-refractivity contribution is 5.73. The Labute approximate surface area is 117 Å². The normalized spacial score (nSPS) is 33.5. The molecule has 0 radical (unpaired) electrons. The van der Waals surface area contributed by atoms with Crippen molar-refractivity contribution in [1.82, 2.24) is 5.32 Å². The van der Waals surface area contributed by atoms with Crippen LogP contribution < -0.4 is 5.32 Å². The van der Waals surface area contributed by atoms with Crippen molar-refractivity contribution in [2.75, 3.05) is 13.2 Å². The Kier molecular flexibility index (Phi) is 6.91. The van der Waals surface area contributed by atoms with Gasteiger partial charge >= 0.3 is 0 Å². The van der Waals surface area contributed by atoms with Crippen molar-refractivity contribution in [2.45, 2.75) is 50.4 Å². The van der Waals surface area contributed by atoms with Crippen LogP contribution in [0.1, 0.15) is 19.8 Å². The van der Waals surface area contributed by atoms with Gasteiger partial charge in [0.05, 0.1) is 13.2 Å². The van der Waals surface area contributed by atoms with Crippen molar-refractivity contribution in [3.8, 4) is 12.3 Å². The Bertz CT molecular complexity index is 355. The SMILES string of the molecule is C#CCCCOC1OC(CO)C(O)C(O)C1NC(C)=O. The highest BCUT2D eigenvalue weighted by Crippen LogP contribution is 2.22. The Morgan fingerprint density at radius 1 is 1.45 bits per heavy atom. The van der Waals surface area contributed by atoms with Gasteiger partial charge in [-0.05, 0) is 6.42 Å². The van der Waals surface area contributed by atoms with Crippen LogP contribution in [-0.2, 0) is 14.3 Å². The fourth-order valence-corrected chi connectivity index (χ4v) is 1.99. The lowest BCUT2D eigenvalue weighted by Crippen LogP contribution is -2.64. The predicted molar refractivity (Wildman–Crippen MR) is 69.4 cm³/mol. The summed E-state index contributed by atoms with van der Waals surface area (Å²) in [6.07, 6.45) is 1.75. The van der Waals surface area contributed by atoms with Crippen molar-refractivity contribution < 1.29 is 29.6 Å². The molecule has 1 fully saturated rings. The first-order chi connectivity index (χ1) is 9.51. The van der Waals surface area contributed by atoms with Crippen LogP contribution in [0.15, 0.2) is 0 Å². The van der Waals surface area contributed by atoms with E-state index in [4.69, 9.17) is 21.0 Å². The lowest BCUT2D eigenvalue weighted by Gasteiger charge is -2.42. The van der Waals surface area contributed by atoms with Crippen molar-refractivity contribution in [2.24, 2.45) is 0 Å². The Balaban J connectivity index is 2.68. The first kappa shape index (κ1) is 16.9. The molecule has 7 nitrogen and oxygen atoms in total. The largest absolute Gasteiger partial charge is 0.394 e. The molecule has 0 aromatic rings. The van der Waals surface area contributed by atoms with Crippen LogP contribution in [0.3, 0.4) is 0 Å². The van der Waals surface area contributed by atoms with E-state index in [0.29, 0.717) is 12.8 Å². The number of terminal acetylenes is 1. The van der Waals surface area contributed by atoms with Crippen LogP contribution in [0.5, 0.6) is 0 Å². The van der Waals surface area contributed by atoms with Gasteiger partial charge in [0.1, 0.15) is 24.4 Å². The molecule has 0 spiro atoms. The molecule has 114 valence electrons. The maximum atomic E-state index is 11.1. The molecule has 20 heavy (non-hydrogen) atoms. The molecule has 1 aliphatic heterocycles. The Morgan fingerprint density at radius 3 is 2.70 bits per heavy atom. The van der Waals surface area contributed by atoms with E-state index in [1.54, 1.807) is 0 Å². The number of unbranched alkanes of at least 4 members (excludes halogenated alkanes) is 1. The first-order valence-electron chi connectivity index (χ1n) is 6.46. The third-order valence-corrected chi connectivity index (χ3v) is 3.00.